The molecule has 6 atom stereocenters. The van der Waals surface area contributed by atoms with Gasteiger partial charge in [0.05, 0.1) is 22.1 Å². The molecular formula is C34H44IN3O7. The molecular weight excluding hydrogens is 689 g/mol. The van der Waals surface area contributed by atoms with Gasteiger partial charge in [0, 0.05) is 19.4 Å². The fourth-order valence-corrected chi connectivity index (χ4v) is 6.20. The van der Waals surface area contributed by atoms with Crippen LogP contribution in [-0.4, -0.2) is 64.0 Å². The number of likely N-dealkylation sites (N-methyl/N-ethyl adjacent to an activating group) is 1. The standard InChI is InChI=1S/C34H44IN3O7/c1-19-13-20(2)15-22(4)45-31(41)18-28(25-8-10-26(39)11-9-25)37-33(43)29(17-24-7-12-30(40)27(35)16-24)38(6)34(44)23(5)36-32(42)21(3)14-19/h7-13,16,20-23,28-29,39-40H,14-15,17-18H2,1-6H3,(H,36,42)(H,37,43)/b19-13+/t20-,21-,22-,23-,28+,29-/m0/s1. The van der Waals surface area contributed by atoms with Gasteiger partial charge in [0.2, 0.25) is 17.7 Å². The van der Waals surface area contributed by atoms with E-state index >= 15 is 0 Å². The van der Waals surface area contributed by atoms with E-state index in [4.69, 9.17) is 4.74 Å². The SMILES string of the molecule is C/C1=C\[C@H](C)C[C@H](C)OC(=O)C[C@H](c2ccc(O)cc2)NC(=O)[C@H](Cc2ccc(O)c(I)c2)N(C)C(=O)[C@H](C)NC(=O)[C@@H](C)C1. The average molecular weight is 734 g/mol. The van der Waals surface area contributed by atoms with Crippen LogP contribution in [0.25, 0.3) is 0 Å². The number of aromatic hydroxyl groups is 2. The molecule has 244 valence electrons. The Morgan fingerprint density at radius 3 is 2.24 bits per heavy atom. The second-order valence-electron chi connectivity index (χ2n) is 12.2. The number of hydrogen-bond donors (Lipinski definition) is 4. The van der Waals surface area contributed by atoms with Gasteiger partial charge in [-0.1, -0.05) is 43.7 Å². The Bertz CT molecular complexity index is 1410. The number of carbonyl (C=O) groups excluding carboxylic acids is 4. The molecule has 2 aromatic rings. The van der Waals surface area contributed by atoms with E-state index in [1.54, 1.807) is 38.1 Å². The van der Waals surface area contributed by atoms with Gasteiger partial charge in [-0.25, -0.2) is 0 Å². The normalized spacial score (nSPS) is 27.6. The van der Waals surface area contributed by atoms with Crippen LogP contribution in [-0.2, 0) is 30.3 Å². The fraction of sp³-hybridized carbons (Fsp3) is 0.471. The quantitative estimate of drug-likeness (QED) is 0.202. The Kier molecular flexibility index (Phi) is 12.8. The molecule has 3 amide bonds. The number of halogens is 1. The minimum atomic E-state index is -1.03. The summed E-state index contributed by atoms with van der Waals surface area (Å²) in [5, 5.41) is 25.6. The monoisotopic (exact) mass is 733 g/mol. The van der Waals surface area contributed by atoms with Crippen LogP contribution in [0.1, 0.15) is 71.0 Å². The molecule has 0 saturated heterocycles. The van der Waals surface area contributed by atoms with Crippen molar-refractivity contribution in [1.29, 1.82) is 0 Å². The van der Waals surface area contributed by atoms with Gasteiger partial charge < -0.3 is 30.5 Å². The van der Waals surface area contributed by atoms with Crippen molar-refractivity contribution in [1.82, 2.24) is 15.5 Å². The predicted octanol–water partition coefficient (Wildman–Crippen LogP) is 4.77. The van der Waals surface area contributed by atoms with Crippen LogP contribution in [0.2, 0.25) is 0 Å². The van der Waals surface area contributed by atoms with E-state index in [-0.39, 0.29) is 36.2 Å². The molecule has 0 aliphatic carbocycles. The van der Waals surface area contributed by atoms with E-state index in [0.29, 0.717) is 27.5 Å². The Balaban J connectivity index is 2.03. The molecule has 0 fully saturated rings. The van der Waals surface area contributed by atoms with Crippen LogP contribution in [0.5, 0.6) is 11.5 Å². The van der Waals surface area contributed by atoms with Gasteiger partial charge in [0.1, 0.15) is 23.6 Å². The van der Waals surface area contributed by atoms with Crippen molar-refractivity contribution < 1.29 is 34.1 Å². The summed E-state index contributed by atoms with van der Waals surface area (Å²) in [6.07, 6.45) is 2.68. The van der Waals surface area contributed by atoms with Gasteiger partial charge >= 0.3 is 5.97 Å². The summed E-state index contributed by atoms with van der Waals surface area (Å²) in [5.41, 5.74) is 2.29. The molecule has 0 aromatic heterocycles. The van der Waals surface area contributed by atoms with Crippen LogP contribution in [0.4, 0.5) is 0 Å². The topological polar surface area (TPSA) is 145 Å². The molecule has 45 heavy (non-hydrogen) atoms. The van der Waals surface area contributed by atoms with Gasteiger partial charge in [0.15, 0.2) is 0 Å². The highest BCUT2D eigenvalue weighted by molar-refractivity contribution is 14.1. The highest BCUT2D eigenvalue weighted by Gasteiger charge is 2.33. The second-order valence-corrected chi connectivity index (χ2v) is 13.3. The van der Waals surface area contributed by atoms with Crippen LogP contribution < -0.4 is 10.6 Å². The van der Waals surface area contributed by atoms with E-state index < -0.39 is 47.9 Å². The number of esters is 1. The summed E-state index contributed by atoms with van der Waals surface area (Å²) in [6.45, 7) is 9.19. The number of ether oxygens (including phenoxy) is 1. The van der Waals surface area contributed by atoms with Crippen LogP contribution in [0.15, 0.2) is 54.1 Å². The van der Waals surface area contributed by atoms with Crippen molar-refractivity contribution in [3.05, 3.63) is 68.8 Å². The summed E-state index contributed by atoms with van der Waals surface area (Å²) < 4.78 is 6.33. The number of cyclic esters (lactones) is 1. The van der Waals surface area contributed by atoms with Crippen molar-refractivity contribution in [2.24, 2.45) is 11.8 Å². The lowest BCUT2D eigenvalue weighted by atomic mass is 9.95. The first-order valence-electron chi connectivity index (χ1n) is 15.1. The lowest BCUT2D eigenvalue weighted by Crippen LogP contribution is -2.55. The summed E-state index contributed by atoms with van der Waals surface area (Å²) in [7, 11) is 1.51. The predicted molar refractivity (Wildman–Crippen MR) is 179 cm³/mol. The summed E-state index contributed by atoms with van der Waals surface area (Å²) in [6, 6.07) is 8.36. The zero-order valence-corrected chi connectivity index (χ0v) is 28.8. The number of nitrogens with zero attached hydrogens (tertiary/aromatic N) is 1. The second kappa shape index (κ2) is 16.1. The number of rotatable bonds is 3. The van der Waals surface area contributed by atoms with Crippen molar-refractivity contribution >= 4 is 46.3 Å². The average Bonchev–Trinajstić information content (AvgIpc) is 2.95. The van der Waals surface area contributed by atoms with E-state index in [9.17, 15) is 29.4 Å². The maximum absolute atomic E-state index is 14.0. The van der Waals surface area contributed by atoms with Crippen molar-refractivity contribution in [3.8, 4) is 11.5 Å². The molecule has 3 rings (SSSR count). The van der Waals surface area contributed by atoms with Crippen molar-refractivity contribution in [2.45, 2.75) is 84.5 Å². The molecule has 1 aliphatic rings. The Morgan fingerprint density at radius 1 is 0.933 bits per heavy atom. The summed E-state index contributed by atoms with van der Waals surface area (Å²) in [5.74, 6) is -1.94. The molecule has 1 heterocycles. The molecule has 11 heteroatoms. The first-order valence-corrected chi connectivity index (χ1v) is 16.2. The number of phenolic OH excluding ortho intramolecular Hbond substituents is 2. The zero-order chi connectivity index (χ0) is 33.4. The largest absolute Gasteiger partial charge is 0.508 e. The highest BCUT2D eigenvalue weighted by atomic mass is 127. The number of allylic oxidation sites excluding steroid dienone is 2. The number of benzene rings is 2. The van der Waals surface area contributed by atoms with Crippen molar-refractivity contribution in [3.63, 3.8) is 0 Å². The molecule has 0 unspecified atom stereocenters. The molecule has 0 spiro atoms. The maximum Gasteiger partial charge on any atom is 0.308 e. The van der Waals surface area contributed by atoms with Gasteiger partial charge in [-0.05, 0) is 97.5 Å². The maximum atomic E-state index is 14.0. The minimum absolute atomic E-state index is 0.0326. The third-order valence-corrected chi connectivity index (χ3v) is 8.82. The van der Waals surface area contributed by atoms with Gasteiger partial charge in [-0.3, -0.25) is 19.2 Å². The number of hydrogen-bond acceptors (Lipinski definition) is 7. The number of carbonyl (C=O) groups is 4. The first-order chi connectivity index (χ1) is 21.1. The molecule has 0 radical (unpaired) electrons. The van der Waals surface area contributed by atoms with Crippen LogP contribution in [0.3, 0.4) is 0 Å². The third kappa shape index (κ3) is 10.5. The summed E-state index contributed by atoms with van der Waals surface area (Å²) >= 11 is 1.99. The van der Waals surface area contributed by atoms with Crippen LogP contribution in [0, 0.1) is 15.4 Å². The Morgan fingerprint density at radius 2 is 1.60 bits per heavy atom. The van der Waals surface area contributed by atoms with Crippen molar-refractivity contribution in [2.75, 3.05) is 7.05 Å². The van der Waals surface area contributed by atoms with E-state index in [2.05, 4.69) is 16.7 Å². The Hall–Kier alpha value is -3.61. The van der Waals surface area contributed by atoms with E-state index in [1.165, 1.54) is 30.1 Å². The Labute approximate surface area is 278 Å². The molecule has 0 bridgehead atoms. The molecule has 2 aromatic carbocycles. The molecule has 10 nitrogen and oxygen atoms in total. The van der Waals surface area contributed by atoms with Gasteiger partial charge in [-0.15, -0.1) is 0 Å². The first kappa shape index (κ1) is 35.9. The molecule has 1 aliphatic heterocycles. The van der Waals surface area contributed by atoms with E-state index in [0.717, 1.165) is 5.57 Å². The zero-order valence-electron chi connectivity index (χ0n) is 26.7. The molecule has 0 saturated carbocycles. The van der Waals surface area contributed by atoms with Gasteiger partial charge in [0.25, 0.3) is 0 Å². The highest BCUT2D eigenvalue weighted by Crippen LogP contribution is 2.25. The minimum Gasteiger partial charge on any atom is -0.508 e. The number of amides is 3. The third-order valence-electron chi connectivity index (χ3n) is 7.95. The molecule has 4 N–H and O–H groups in total. The van der Waals surface area contributed by atoms with E-state index in [1.807, 2.05) is 43.4 Å². The number of nitrogens with one attached hydrogen (secondary N) is 2. The lowest BCUT2D eigenvalue weighted by Gasteiger charge is -2.32. The fourth-order valence-electron chi connectivity index (χ4n) is 5.62. The number of phenols is 2. The lowest BCUT2D eigenvalue weighted by molar-refractivity contribution is -0.149. The van der Waals surface area contributed by atoms with Crippen LogP contribution >= 0.6 is 22.6 Å². The summed E-state index contributed by atoms with van der Waals surface area (Å²) in [4.78, 5) is 55.2. The van der Waals surface area contributed by atoms with Gasteiger partial charge in [-0.2, -0.15) is 0 Å². The smallest absolute Gasteiger partial charge is 0.308 e.